The van der Waals surface area contributed by atoms with Gasteiger partial charge < -0.3 is 24.8 Å². The molecule has 0 spiro atoms. The molecule has 2 fully saturated rings. The fraction of sp³-hybridized carbons (Fsp3) is 0.385. The number of ether oxygens (including phenoxy) is 3. The Labute approximate surface area is 204 Å². The van der Waals surface area contributed by atoms with Crippen LogP contribution in [0.3, 0.4) is 0 Å². The number of benzene rings is 2. The number of carbonyl (C=O) groups excluding carboxylic acids is 2. The van der Waals surface area contributed by atoms with E-state index in [1.807, 2.05) is 43.3 Å². The number of hydrogen-bond acceptors (Lipinski definition) is 5. The third-order valence-electron chi connectivity index (χ3n) is 6.16. The average Bonchev–Trinajstić information content (AvgIpc) is 2.84. The van der Waals surface area contributed by atoms with E-state index in [4.69, 9.17) is 25.8 Å². The number of methoxy groups -OCH3 is 1. The molecule has 2 aromatic rings. The Bertz CT molecular complexity index is 1090. The summed E-state index contributed by atoms with van der Waals surface area (Å²) in [5.74, 6) is 1.05. The van der Waals surface area contributed by atoms with Crippen molar-refractivity contribution >= 4 is 29.5 Å². The summed E-state index contributed by atoms with van der Waals surface area (Å²) in [6.07, 6.45) is 3.41. The van der Waals surface area contributed by atoms with Gasteiger partial charge in [-0.05, 0) is 61.6 Å². The van der Waals surface area contributed by atoms with E-state index in [9.17, 15) is 9.59 Å². The molecule has 1 aliphatic heterocycles. The highest BCUT2D eigenvalue weighted by atomic mass is 35.5. The Balaban J connectivity index is 1.33. The van der Waals surface area contributed by atoms with E-state index in [2.05, 4.69) is 10.6 Å². The van der Waals surface area contributed by atoms with Crippen molar-refractivity contribution in [3.63, 3.8) is 0 Å². The molecule has 7 nitrogen and oxygen atoms in total. The molecule has 3 unspecified atom stereocenters. The lowest BCUT2D eigenvalue weighted by atomic mass is 9.82. The normalized spacial score (nSPS) is 22.9. The predicted molar refractivity (Wildman–Crippen MR) is 130 cm³/mol. The van der Waals surface area contributed by atoms with Gasteiger partial charge in [-0.1, -0.05) is 35.9 Å². The molecule has 34 heavy (non-hydrogen) atoms. The van der Waals surface area contributed by atoms with Crippen LogP contribution in [0.4, 0.5) is 0 Å². The average molecular weight is 485 g/mol. The maximum atomic E-state index is 12.8. The second-order valence-electron chi connectivity index (χ2n) is 8.41. The lowest BCUT2D eigenvalue weighted by Gasteiger charge is -2.39. The minimum absolute atomic E-state index is 0.0297. The van der Waals surface area contributed by atoms with Crippen LogP contribution in [0.5, 0.6) is 11.5 Å². The Morgan fingerprint density at radius 3 is 2.82 bits per heavy atom. The largest absolute Gasteiger partial charge is 0.493 e. The molecule has 2 aliphatic rings. The summed E-state index contributed by atoms with van der Waals surface area (Å²) in [6, 6.07) is 12.7. The quantitative estimate of drug-likeness (QED) is 0.578. The van der Waals surface area contributed by atoms with Gasteiger partial charge in [0, 0.05) is 17.5 Å². The SMILES string of the molecule is CCOc1ccc(CNC(=O)C2CCC3O/C(=C\c4ccccc4Cl)C(=O)NC3C2)cc1OC. The van der Waals surface area contributed by atoms with Crippen molar-refractivity contribution in [2.24, 2.45) is 5.92 Å². The van der Waals surface area contributed by atoms with E-state index in [0.29, 0.717) is 48.9 Å². The zero-order valence-corrected chi connectivity index (χ0v) is 20.1. The van der Waals surface area contributed by atoms with Crippen molar-refractivity contribution in [1.29, 1.82) is 0 Å². The van der Waals surface area contributed by atoms with E-state index >= 15 is 0 Å². The zero-order valence-electron chi connectivity index (χ0n) is 19.3. The van der Waals surface area contributed by atoms with Crippen LogP contribution in [-0.4, -0.2) is 37.7 Å². The van der Waals surface area contributed by atoms with E-state index in [1.54, 1.807) is 19.3 Å². The van der Waals surface area contributed by atoms with Gasteiger partial charge in [-0.15, -0.1) is 0 Å². The first kappa shape index (κ1) is 24.0. The van der Waals surface area contributed by atoms with Gasteiger partial charge in [-0.25, -0.2) is 0 Å². The first-order valence-electron chi connectivity index (χ1n) is 11.5. The highest BCUT2D eigenvalue weighted by Crippen LogP contribution is 2.32. The molecule has 0 aromatic heterocycles. The predicted octanol–water partition coefficient (Wildman–Crippen LogP) is 4.09. The number of carbonyl (C=O) groups is 2. The Hall–Kier alpha value is -3.19. The Morgan fingerprint density at radius 2 is 2.06 bits per heavy atom. The summed E-state index contributed by atoms with van der Waals surface area (Å²) in [5.41, 5.74) is 1.65. The maximum Gasteiger partial charge on any atom is 0.286 e. The molecule has 0 radical (unpaired) electrons. The van der Waals surface area contributed by atoms with E-state index < -0.39 is 0 Å². The number of nitrogens with one attached hydrogen (secondary N) is 2. The van der Waals surface area contributed by atoms with Gasteiger partial charge in [-0.3, -0.25) is 9.59 Å². The van der Waals surface area contributed by atoms with Gasteiger partial charge in [0.1, 0.15) is 6.10 Å². The third-order valence-corrected chi connectivity index (χ3v) is 6.51. The topological polar surface area (TPSA) is 85.9 Å². The molecule has 1 saturated heterocycles. The van der Waals surface area contributed by atoms with E-state index in [1.165, 1.54) is 0 Å². The summed E-state index contributed by atoms with van der Waals surface area (Å²) in [7, 11) is 1.59. The van der Waals surface area contributed by atoms with Crippen LogP contribution in [0.1, 0.15) is 37.3 Å². The molecule has 0 bridgehead atoms. The highest BCUT2D eigenvalue weighted by Gasteiger charge is 2.40. The molecule has 1 saturated carbocycles. The number of rotatable bonds is 7. The summed E-state index contributed by atoms with van der Waals surface area (Å²) in [5, 5.41) is 6.58. The lowest BCUT2D eigenvalue weighted by molar-refractivity contribution is -0.134. The standard InChI is InChI=1S/C26H29ClN2O5/c1-3-33-22-10-8-16(12-23(22)32-2)15-28-25(30)18-9-11-21-20(13-18)29-26(31)24(34-21)14-17-6-4-5-7-19(17)27/h4-8,10,12,14,18,20-21H,3,9,11,13,15H2,1-2H3,(H,28,30)(H,29,31)/b24-14-. The van der Waals surface area contributed by atoms with Crippen LogP contribution < -0.4 is 20.1 Å². The molecule has 2 N–H and O–H groups in total. The summed E-state index contributed by atoms with van der Waals surface area (Å²) < 4.78 is 16.9. The Morgan fingerprint density at radius 1 is 1.24 bits per heavy atom. The minimum Gasteiger partial charge on any atom is -0.493 e. The molecule has 3 atom stereocenters. The van der Waals surface area contributed by atoms with Gasteiger partial charge in [0.15, 0.2) is 17.3 Å². The van der Waals surface area contributed by atoms with Gasteiger partial charge in [-0.2, -0.15) is 0 Å². The van der Waals surface area contributed by atoms with Crippen molar-refractivity contribution in [3.8, 4) is 11.5 Å². The minimum atomic E-state index is -0.288. The number of morpholine rings is 1. The van der Waals surface area contributed by atoms with Crippen molar-refractivity contribution in [2.45, 2.75) is 44.9 Å². The van der Waals surface area contributed by atoms with Gasteiger partial charge in [0.2, 0.25) is 5.91 Å². The van der Waals surface area contributed by atoms with Gasteiger partial charge in [0.05, 0.1) is 19.8 Å². The van der Waals surface area contributed by atoms with Crippen LogP contribution in [0.15, 0.2) is 48.2 Å². The summed E-state index contributed by atoms with van der Waals surface area (Å²) in [6.45, 7) is 2.85. The van der Waals surface area contributed by atoms with Crippen molar-refractivity contribution in [1.82, 2.24) is 10.6 Å². The van der Waals surface area contributed by atoms with Crippen LogP contribution in [-0.2, 0) is 20.9 Å². The fourth-order valence-electron chi connectivity index (χ4n) is 4.39. The van der Waals surface area contributed by atoms with Crippen molar-refractivity contribution in [3.05, 3.63) is 64.4 Å². The number of fused-ring (bicyclic) bond motifs is 1. The van der Waals surface area contributed by atoms with E-state index in [-0.39, 0.29) is 35.6 Å². The van der Waals surface area contributed by atoms with Crippen molar-refractivity contribution in [2.75, 3.05) is 13.7 Å². The molecular weight excluding hydrogens is 456 g/mol. The molecular formula is C26H29ClN2O5. The van der Waals surface area contributed by atoms with Crippen LogP contribution >= 0.6 is 11.6 Å². The number of hydrogen-bond donors (Lipinski definition) is 2. The lowest BCUT2D eigenvalue weighted by Crippen LogP contribution is -2.54. The molecule has 4 rings (SSSR count). The summed E-state index contributed by atoms with van der Waals surface area (Å²) >= 11 is 6.21. The smallest absolute Gasteiger partial charge is 0.286 e. The second kappa shape index (κ2) is 10.8. The molecule has 1 aliphatic carbocycles. The fourth-order valence-corrected chi connectivity index (χ4v) is 4.58. The van der Waals surface area contributed by atoms with Crippen molar-refractivity contribution < 1.29 is 23.8 Å². The molecule has 180 valence electrons. The third kappa shape index (κ3) is 5.47. The zero-order chi connectivity index (χ0) is 24.1. The molecule has 2 aromatic carbocycles. The highest BCUT2D eigenvalue weighted by molar-refractivity contribution is 6.32. The maximum absolute atomic E-state index is 12.8. The molecule has 1 heterocycles. The van der Waals surface area contributed by atoms with E-state index in [0.717, 1.165) is 11.1 Å². The first-order chi connectivity index (χ1) is 16.5. The number of halogens is 1. The van der Waals surface area contributed by atoms with Gasteiger partial charge in [0.25, 0.3) is 5.91 Å². The Kier molecular flexibility index (Phi) is 7.63. The summed E-state index contributed by atoms with van der Waals surface area (Å²) in [4.78, 5) is 25.5. The van der Waals surface area contributed by atoms with Crippen LogP contribution in [0, 0.1) is 5.92 Å². The second-order valence-corrected chi connectivity index (χ2v) is 8.82. The first-order valence-corrected chi connectivity index (χ1v) is 11.9. The van der Waals surface area contributed by atoms with Crippen LogP contribution in [0.2, 0.25) is 5.02 Å². The van der Waals surface area contributed by atoms with Gasteiger partial charge >= 0.3 is 0 Å². The number of amides is 2. The molecule has 8 heteroatoms. The van der Waals surface area contributed by atoms with Crippen LogP contribution in [0.25, 0.3) is 6.08 Å². The molecule has 2 amide bonds. The monoisotopic (exact) mass is 484 g/mol.